The van der Waals surface area contributed by atoms with Crippen LogP contribution in [-0.4, -0.2) is 41.1 Å². The van der Waals surface area contributed by atoms with E-state index in [0.29, 0.717) is 26.2 Å². The molecule has 33 heavy (non-hydrogen) atoms. The molecule has 1 aromatic heterocycles. The van der Waals surface area contributed by atoms with Gasteiger partial charge in [-0.05, 0) is 30.3 Å². The first-order valence-corrected chi connectivity index (χ1v) is 10.3. The number of anilines is 4. The molecule has 0 atom stereocenters. The van der Waals surface area contributed by atoms with Crippen LogP contribution in [0.3, 0.4) is 0 Å². The second-order valence-electron chi connectivity index (χ2n) is 7.28. The minimum atomic E-state index is -4.67. The zero-order chi connectivity index (χ0) is 23.6. The summed E-state index contributed by atoms with van der Waals surface area (Å²) in [4.78, 5) is 23.2. The number of nitrogens with zero attached hydrogens (tertiary/aromatic N) is 5. The highest BCUT2D eigenvalue weighted by Crippen LogP contribution is 2.38. The monoisotopic (exact) mass is 478 g/mol. The molecule has 0 spiro atoms. The van der Waals surface area contributed by atoms with E-state index in [9.17, 15) is 23.3 Å². The second kappa shape index (κ2) is 9.10. The lowest BCUT2D eigenvalue weighted by Crippen LogP contribution is -2.47. The van der Waals surface area contributed by atoms with Gasteiger partial charge in [-0.1, -0.05) is 29.8 Å². The van der Waals surface area contributed by atoms with Gasteiger partial charge in [-0.15, -0.1) is 0 Å². The zero-order valence-electron chi connectivity index (χ0n) is 17.1. The number of alkyl halides is 3. The summed E-state index contributed by atoms with van der Waals surface area (Å²) >= 11 is 5.66. The fraction of sp³-hybridized carbons (Fsp3) is 0.238. The van der Waals surface area contributed by atoms with Crippen LogP contribution in [0.1, 0.15) is 5.56 Å². The van der Waals surface area contributed by atoms with Gasteiger partial charge in [0, 0.05) is 37.6 Å². The van der Waals surface area contributed by atoms with Gasteiger partial charge in [-0.2, -0.15) is 13.2 Å². The molecule has 2 heterocycles. The lowest BCUT2D eigenvalue weighted by Gasteiger charge is -2.36. The number of halogens is 4. The molecule has 0 radical (unpaired) electrons. The zero-order valence-corrected chi connectivity index (χ0v) is 17.8. The van der Waals surface area contributed by atoms with Gasteiger partial charge in [0.1, 0.15) is 6.33 Å². The Morgan fingerprint density at radius 2 is 1.67 bits per heavy atom. The summed E-state index contributed by atoms with van der Waals surface area (Å²) in [6.45, 7) is 2.21. The number of rotatable bonds is 5. The van der Waals surface area contributed by atoms with Crippen molar-refractivity contribution >= 4 is 40.3 Å². The summed E-state index contributed by atoms with van der Waals surface area (Å²) in [5, 5.41) is 14.0. The Hall–Kier alpha value is -3.60. The van der Waals surface area contributed by atoms with Crippen LogP contribution in [0.25, 0.3) is 0 Å². The van der Waals surface area contributed by atoms with Crippen LogP contribution in [0.2, 0.25) is 5.02 Å². The molecule has 172 valence electrons. The van der Waals surface area contributed by atoms with Gasteiger partial charge in [0.25, 0.3) is 0 Å². The molecule has 0 saturated carbocycles. The van der Waals surface area contributed by atoms with Gasteiger partial charge in [0.2, 0.25) is 11.6 Å². The maximum atomic E-state index is 13.2. The van der Waals surface area contributed by atoms with Gasteiger partial charge < -0.3 is 15.1 Å². The Morgan fingerprint density at radius 3 is 2.30 bits per heavy atom. The average Bonchev–Trinajstić information content (AvgIpc) is 2.80. The Kier molecular flexibility index (Phi) is 6.23. The second-order valence-corrected chi connectivity index (χ2v) is 7.69. The fourth-order valence-electron chi connectivity index (χ4n) is 3.63. The van der Waals surface area contributed by atoms with Crippen molar-refractivity contribution in [2.24, 2.45) is 0 Å². The first-order chi connectivity index (χ1) is 15.7. The average molecular weight is 479 g/mol. The van der Waals surface area contributed by atoms with Gasteiger partial charge >= 0.3 is 11.9 Å². The van der Waals surface area contributed by atoms with E-state index in [1.165, 1.54) is 6.07 Å². The maximum absolute atomic E-state index is 13.2. The van der Waals surface area contributed by atoms with Gasteiger partial charge in [-0.25, -0.2) is 9.97 Å². The number of hydrogen-bond acceptors (Lipinski definition) is 7. The normalized spacial score (nSPS) is 14.3. The van der Waals surface area contributed by atoms with E-state index in [2.05, 4.69) is 20.2 Å². The number of piperazine rings is 1. The Labute approximate surface area is 191 Å². The molecule has 12 heteroatoms. The van der Waals surface area contributed by atoms with Crippen molar-refractivity contribution in [2.45, 2.75) is 6.18 Å². The summed E-state index contributed by atoms with van der Waals surface area (Å²) in [5.41, 5.74) is -0.439. The molecular formula is C21H18ClF3N6O2. The molecule has 1 aliphatic heterocycles. The van der Waals surface area contributed by atoms with Crippen molar-refractivity contribution in [3.63, 3.8) is 0 Å². The van der Waals surface area contributed by atoms with Crippen molar-refractivity contribution in [2.75, 3.05) is 41.3 Å². The van der Waals surface area contributed by atoms with Crippen LogP contribution in [0.4, 0.5) is 41.9 Å². The van der Waals surface area contributed by atoms with E-state index in [1.54, 1.807) is 4.90 Å². The molecule has 0 amide bonds. The Balaban J connectivity index is 1.59. The highest BCUT2D eigenvalue weighted by molar-refractivity contribution is 6.31. The highest BCUT2D eigenvalue weighted by atomic mass is 35.5. The molecule has 1 saturated heterocycles. The lowest BCUT2D eigenvalue weighted by atomic mass is 10.2. The van der Waals surface area contributed by atoms with Crippen molar-refractivity contribution < 1.29 is 18.1 Å². The molecule has 4 rings (SSSR count). The molecule has 1 aliphatic rings. The molecule has 2 aromatic carbocycles. The lowest BCUT2D eigenvalue weighted by molar-refractivity contribution is -0.383. The van der Waals surface area contributed by atoms with Crippen LogP contribution in [0.5, 0.6) is 0 Å². The number of hydrogen-bond donors (Lipinski definition) is 1. The molecule has 0 bridgehead atoms. The standard InChI is InChI=1S/C21H18ClF3N6O2/c22-17-7-6-14(12-16(17)21(23,24)25)28-19-18(31(32)33)20(27-13-26-19)30-10-8-29(9-11-30)15-4-2-1-3-5-15/h1-7,12-13H,8-11H2,(H,26,27,28). The summed E-state index contributed by atoms with van der Waals surface area (Å²) in [6, 6.07) is 12.9. The van der Waals surface area contributed by atoms with Crippen molar-refractivity contribution in [3.8, 4) is 0 Å². The van der Waals surface area contributed by atoms with Crippen LogP contribution < -0.4 is 15.1 Å². The quantitative estimate of drug-likeness (QED) is 0.402. The summed E-state index contributed by atoms with van der Waals surface area (Å²) in [5.74, 6) is -0.0962. The van der Waals surface area contributed by atoms with Gasteiger partial charge in [-0.3, -0.25) is 10.1 Å². The molecule has 3 aromatic rings. The first-order valence-electron chi connectivity index (χ1n) is 9.92. The minimum absolute atomic E-state index is 0.0339. The number of benzene rings is 2. The molecule has 8 nitrogen and oxygen atoms in total. The summed E-state index contributed by atoms with van der Waals surface area (Å²) in [6.07, 6.45) is -3.52. The van der Waals surface area contributed by atoms with E-state index in [0.717, 1.165) is 24.1 Å². The van der Waals surface area contributed by atoms with Crippen LogP contribution in [-0.2, 0) is 6.18 Å². The van der Waals surface area contributed by atoms with E-state index in [-0.39, 0.29) is 17.3 Å². The van der Waals surface area contributed by atoms with Crippen LogP contribution in [0.15, 0.2) is 54.9 Å². The van der Waals surface area contributed by atoms with Crippen molar-refractivity contribution in [1.29, 1.82) is 0 Å². The molecule has 1 fully saturated rings. The van der Waals surface area contributed by atoms with E-state index < -0.39 is 27.4 Å². The molecular weight excluding hydrogens is 461 g/mol. The Bertz CT molecular complexity index is 1150. The van der Waals surface area contributed by atoms with E-state index in [1.807, 2.05) is 30.3 Å². The molecule has 1 N–H and O–H groups in total. The number of nitro groups is 1. The maximum Gasteiger partial charge on any atom is 0.417 e. The third kappa shape index (κ3) is 4.92. The fourth-order valence-corrected chi connectivity index (χ4v) is 3.86. The van der Waals surface area contributed by atoms with Crippen molar-refractivity contribution in [1.82, 2.24) is 9.97 Å². The first kappa shape index (κ1) is 22.6. The van der Waals surface area contributed by atoms with Crippen LogP contribution >= 0.6 is 11.6 Å². The predicted octanol–water partition coefficient (Wildman–Crippen LogP) is 5.13. The topological polar surface area (TPSA) is 87.4 Å². The number of para-hydroxylation sites is 1. The van der Waals surface area contributed by atoms with Gasteiger partial charge in [0.05, 0.1) is 15.5 Å². The third-order valence-corrected chi connectivity index (χ3v) is 5.55. The predicted molar refractivity (Wildman–Crippen MR) is 119 cm³/mol. The number of aromatic nitrogens is 2. The molecule has 0 aliphatic carbocycles. The van der Waals surface area contributed by atoms with Gasteiger partial charge in [0.15, 0.2) is 0 Å². The largest absolute Gasteiger partial charge is 0.417 e. The molecule has 0 unspecified atom stereocenters. The van der Waals surface area contributed by atoms with Crippen molar-refractivity contribution in [3.05, 3.63) is 75.6 Å². The smallest absolute Gasteiger partial charge is 0.368 e. The minimum Gasteiger partial charge on any atom is -0.368 e. The van der Waals surface area contributed by atoms with E-state index in [4.69, 9.17) is 11.6 Å². The Morgan fingerprint density at radius 1 is 1.00 bits per heavy atom. The SMILES string of the molecule is O=[N+]([O-])c1c(Nc2ccc(Cl)c(C(F)(F)F)c2)ncnc1N1CCN(c2ccccc2)CC1. The third-order valence-electron chi connectivity index (χ3n) is 5.22. The highest BCUT2D eigenvalue weighted by Gasteiger charge is 2.34. The summed E-state index contributed by atoms with van der Waals surface area (Å²) < 4.78 is 39.5. The van der Waals surface area contributed by atoms with E-state index >= 15 is 0 Å². The van der Waals surface area contributed by atoms with Crippen LogP contribution in [0, 0.1) is 10.1 Å². The summed E-state index contributed by atoms with van der Waals surface area (Å²) in [7, 11) is 0. The number of nitrogens with one attached hydrogen (secondary N) is 1.